The Kier molecular flexibility index (Phi) is 1.43. The molecule has 2 rings (SSSR count). The molecule has 1 aliphatic carbocycles. The van der Waals surface area contributed by atoms with Gasteiger partial charge in [0.1, 0.15) is 5.75 Å². The molecule has 0 spiro atoms. The summed E-state index contributed by atoms with van der Waals surface area (Å²) in [4.78, 5) is 11.4. The highest BCUT2D eigenvalue weighted by molar-refractivity contribution is 6.02. The molecular formula is C10H10O2. The van der Waals surface area contributed by atoms with Crippen molar-refractivity contribution in [3.8, 4) is 5.75 Å². The number of hydrogen-bond acceptors (Lipinski definition) is 2. The van der Waals surface area contributed by atoms with Crippen LogP contribution in [-0.2, 0) is 6.42 Å². The predicted molar refractivity (Wildman–Crippen MR) is 45.3 cm³/mol. The first kappa shape index (κ1) is 7.35. The fourth-order valence-corrected chi connectivity index (χ4v) is 1.66. The zero-order chi connectivity index (χ0) is 8.72. The number of phenolic OH excluding ortho intramolecular Hbond substituents is 1. The zero-order valence-corrected chi connectivity index (χ0v) is 6.87. The van der Waals surface area contributed by atoms with Gasteiger partial charge < -0.3 is 5.11 Å². The van der Waals surface area contributed by atoms with Crippen molar-refractivity contribution < 1.29 is 9.90 Å². The normalized spacial score (nSPS) is 21.1. The van der Waals surface area contributed by atoms with Crippen LogP contribution in [0.3, 0.4) is 0 Å². The summed E-state index contributed by atoms with van der Waals surface area (Å²) < 4.78 is 0. The smallest absolute Gasteiger partial charge is 0.166 e. The molecule has 12 heavy (non-hydrogen) atoms. The number of benzene rings is 1. The summed E-state index contributed by atoms with van der Waals surface area (Å²) in [7, 11) is 0. The van der Waals surface area contributed by atoms with Crippen molar-refractivity contribution in [2.24, 2.45) is 5.92 Å². The molecule has 1 aromatic carbocycles. The van der Waals surface area contributed by atoms with Gasteiger partial charge in [-0.2, -0.15) is 0 Å². The molecule has 0 fully saturated rings. The number of aromatic hydroxyl groups is 1. The van der Waals surface area contributed by atoms with Crippen LogP contribution in [0, 0.1) is 5.92 Å². The monoisotopic (exact) mass is 162 g/mol. The van der Waals surface area contributed by atoms with Gasteiger partial charge in [0, 0.05) is 11.5 Å². The summed E-state index contributed by atoms with van der Waals surface area (Å²) in [6, 6.07) is 5.01. The molecule has 1 N–H and O–H groups in total. The Balaban J connectivity index is 2.56. The molecule has 0 aliphatic heterocycles. The standard InChI is InChI=1S/C10H10O2/c1-6-4-7-2-3-8(11)5-9(7)10(6)12/h2-3,5-6,11H,4H2,1H3/t6-/m0/s1. The Hall–Kier alpha value is -1.31. The number of rotatable bonds is 0. The van der Waals surface area contributed by atoms with Crippen LogP contribution in [0.15, 0.2) is 18.2 Å². The van der Waals surface area contributed by atoms with Gasteiger partial charge in [0.25, 0.3) is 0 Å². The van der Waals surface area contributed by atoms with E-state index in [-0.39, 0.29) is 17.5 Å². The fraction of sp³-hybridized carbons (Fsp3) is 0.300. The second-order valence-electron chi connectivity index (χ2n) is 3.31. The van der Waals surface area contributed by atoms with E-state index in [0.717, 1.165) is 12.0 Å². The Labute approximate surface area is 70.8 Å². The van der Waals surface area contributed by atoms with Gasteiger partial charge in [-0.25, -0.2) is 0 Å². The molecule has 0 aromatic heterocycles. The minimum Gasteiger partial charge on any atom is -0.508 e. The van der Waals surface area contributed by atoms with Crippen LogP contribution in [0.1, 0.15) is 22.8 Å². The molecule has 0 saturated carbocycles. The number of Topliss-reactive ketones (excluding diaryl/α,β-unsaturated/α-hetero) is 1. The van der Waals surface area contributed by atoms with Crippen molar-refractivity contribution >= 4 is 5.78 Å². The van der Waals surface area contributed by atoms with Crippen molar-refractivity contribution in [3.05, 3.63) is 29.3 Å². The Morgan fingerprint density at radius 2 is 2.25 bits per heavy atom. The average molecular weight is 162 g/mol. The van der Waals surface area contributed by atoms with E-state index in [2.05, 4.69) is 0 Å². The molecule has 0 bridgehead atoms. The number of carbonyl (C=O) groups is 1. The highest BCUT2D eigenvalue weighted by Gasteiger charge is 2.26. The number of fused-ring (bicyclic) bond motifs is 1. The maximum Gasteiger partial charge on any atom is 0.166 e. The van der Waals surface area contributed by atoms with Gasteiger partial charge in [0.15, 0.2) is 5.78 Å². The Bertz CT molecular complexity index is 342. The molecular weight excluding hydrogens is 152 g/mol. The topological polar surface area (TPSA) is 37.3 Å². The summed E-state index contributed by atoms with van der Waals surface area (Å²) in [5.41, 5.74) is 1.76. The van der Waals surface area contributed by atoms with Crippen molar-refractivity contribution in [1.82, 2.24) is 0 Å². The predicted octanol–water partition coefficient (Wildman–Crippen LogP) is 1.77. The number of ketones is 1. The lowest BCUT2D eigenvalue weighted by Gasteiger charge is -1.96. The second-order valence-corrected chi connectivity index (χ2v) is 3.31. The lowest BCUT2D eigenvalue weighted by Crippen LogP contribution is -2.02. The molecule has 0 amide bonds. The van der Waals surface area contributed by atoms with E-state index >= 15 is 0 Å². The first-order chi connectivity index (χ1) is 5.68. The zero-order valence-electron chi connectivity index (χ0n) is 6.87. The van der Waals surface area contributed by atoms with Crippen LogP contribution in [0.5, 0.6) is 5.75 Å². The molecule has 0 heterocycles. The van der Waals surface area contributed by atoms with Crippen molar-refractivity contribution in [1.29, 1.82) is 0 Å². The molecule has 1 aromatic rings. The first-order valence-electron chi connectivity index (χ1n) is 4.04. The van der Waals surface area contributed by atoms with Crippen LogP contribution < -0.4 is 0 Å². The molecule has 1 aliphatic rings. The quantitative estimate of drug-likeness (QED) is 0.631. The lowest BCUT2D eigenvalue weighted by molar-refractivity contribution is 0.0946. The molecule has 1 atom stereocenters. The van der Waals surface area contributed by atoms with Crippen LogP contribution in [0.25, 0.3) is 0 Å². The van der Waals surface area contributed by atoms with E-state index in [0.29, 0.717) is 5.56 Å². The highest BCUT2D eigenvalue weighted by atomic mass is 16.3. The second kappa shape index (κ2) is 2.34. The van der Waals surface area contributed by atoms with Crippen LogP contribution >= 0.6 is 0 Å². The summed E-state index contributed by atoms with van der Waals surface area (Å²) in [6.07, 6.45) is 0.814. The largest absolute Gasteiger partial charge is 0.508 e. The van der Waals surface area contributed by atoms with E-state index in [1.807, 2.05) is 13.0 Å². The van der Waals surface area contributed by atoms with Gasteiger partial charge in [-0.3, -0.25) is 4.79 Å². The molecule has 0 radical (unpaired) electrons. The third-order valence-electron chi connectivity index (χ3n) is 2.33. The number of hydrogen-bond donors (Lipinski definition) is 1. The van der Waals surface area contributed by atoms with E-state index in [1.54, 1.807) is 12.1 Å². The van der Waals surface area contributed by atoms with Crippen molar-refractivity contribution in [3.63, 3.8) is 0 Å². The van der Waals surface area contributed by atoms with Gasteiger partial charge in [0.05, 0.1) is 0 Å². The maximum atomic E-state index is 11.4. The fourth-order valence-electron chi connectivity index (χ4n) is 1.66. The lowest BCUT2D eigenvalue weighted by atomic mass is 10.1. The van der Waals surface area contributed by atoms with Gasteiger partial charge >= 0.3 is 0 Å². The van der Waals surface area contributed by atoms with E-state index < -0.39 is 0 Å². The summed E-state index contributed by atoms with van der Waals surface area (Å²) in [6.45, 7) is 1.92. The number of carbonyl (C=O) groups excluding carboxylic acids is 1. The van der Waals surface area contributed by atoms with E-state index in [1.165, 1.54) is 0 Å². The molecule has 0 saturated heterocycles. The minimum atomic E-state index is 0.0850. The maximum absolute atomic E-state index is 11.4. The van der Waals surface area contributed by atoms with Gasteiger partial charge in [-0.1, -0.05) is 13.0 Å². The van der Waals surface area contributed by atoms with Gasteiger partial charge in [0.2, 0.25) is 0 Å². The van der Waals surface area contributed by atoms with Crippen LogP contribution in [0.4, 0.5) is 0 Å². The Morgan fingerprint density at radius 3 is 3.00 bits per heavy atom. The van der Waals surface area contributed by atoms with Crippen LogP contribution in [0.2, 0.25) is 0 Å². The Morgan fingerprint density at radius 1 is 1.50 bits per heavy atom. The van der Waals surface area contributed by atoms with Crippen molar-refractivity contribution in [2.45, 2.75) is 13.3 Å². The van der Waals surface area contributed by atoms with Gasteiger partial charge in [-0.15, -0.1) is 0 Å². The number of phenols is 1. The summed E-state index contributed by atoms with van der Waals surface area (Å²) >= 11 is 0. The average Bonchev–Trinajstić information content (AvgIpc) is 2.31. The van der Waals surface area contributed by atoms with Crippen molar-refractivity contribution in [2.75, 3.05) is 0 Å². The third kappa shape index (κ3) is 0.916. The summed E-state index contributed by atoms with van der Waals surface area (Å²) in [5, 5.41) is 9.15. The minimum absolute atomic E-state index is 0.0850. The van der Waals surface area contributed by atoms with Crippen LogP contribution in [-0.4, -0.2) is 10.9 Å². The van der Waals surface area contributed by atoms with E-state index in [4.69, 9.17) is 5.11 Å². The molecule has 0 unspecified atom stereocenters. The molecule has 2 heteroatoms. The third-order valence-corrected chi connectivity index (χ3v) is 2.33. The highest BCUT2D eigenvalue weighted by Crippen LogP contribution is 2.28. The molecule has 62 valence electrons. The SMILES string of the molecule is C[C@H]1Cc2ccc(O)cc2C1=O. The molecule has 2 nitrogen and oxygen atoms in total. The van der Waals surface area contributed by atoms with E-state index in [9.17, 15) is 4.79 Å². The summed E-state index contributed by atoms with van der Waals surface area (Å²) in [5.74, 6) is 0.416. The first-order valence-corrected chi connectivity index (χ1v) is 4.04. The van der Waals surface area contributed by atoms with Gasteiger partial charge in [-0.05, 0) is 24.1 Å².